The zero-order valence-electron chi connectivity index (χ0n) is 18.3. The SMILES string of the molecule is CC(C)(N)C#Cc1ccc(-c2cc3c(cn2)CCc2c-3nn3c2C(=O)NC2(CC2)C3)cc1. The lowest BCUT2D eigenvalue weighted by molar-refractivity contribution is 0.0885. The van der Waals surface area contributed by atoms with E-state index < -0.39 is 5.54 Å². The summed E-state index contributed by atoms with van der Waals surface area (Å²) >= 11 is 0. The number of aromatic nitrogens is 3. The molecular formula is C26H25N5O. The minimum Gasteiger partial charge on any atom is -0.343 e. The van der Waals surface area contributed by atoms with Crippen molar-refractivity contribution in [3.8, 4) is 34.4 Å². The van der Waals surface area contributed by atoms with E-state index in [0.29, 0.717) is 0 Å². The molecule has 0 bridgehead atoms. The number of pyridine rings is 1. The van der Waals surface area contributed by atoms with Crippen LogP contribution in [0.25, 0.3) is 22.5 Å². The van der Waals surface area contributed by atoms with Crippen molar-refractivity contribution in [1.82, 2.24) is 20.1 Å². The van der Waals surface area contributed by atoms with Gasteiger partial charge in [0.2, 0.25) is 0 Å². The van der Waals surface area contributed by atoms with Crippen LogP contribution in [0.5, 0.6) is 0 Å². The first-order chi connectivity index (χ1) is 15.3. The second kappa shape index (κ2) is 6.54. The second-order valence-electron chi connectivity index (χ2n) is 9.84. The van der Waals surface area contributed by atoms with Gasteiger partial charge in [-0.2, -0.15) is 5.10 Å². The first-order valence-corrected chi connectivity index (χ1v) is 11.1. The monoisotopic (exact) mass is 423 g/mol. The summed E-state index contributed by atoms with van der Waals surface area (Å²) in [7, 11) is 0. The zero-order valence-corrected chi connectivity index (χ0v) is 18.3. The minimum atomic E-state index is -0.518. The number of fused-ring (bicyclic) bond motifs is 5. The van der Waals surface area contributed by atoms with E-state index in [-0.39, 0.29) is 11.4 Å². The van der Waals surface area contributed by atoms with Crippen LogP contribution in [-0.4, -0.2) is 31.7 Å². The highest BCUT2D eigenvalue weighted by atomic mass is 16.2. The Morgan fingerprint density at radius 3 is 2.69 bits per heavy atom. The molecule has 3 aliphatic rings. The van der Waals surface area contributed by atoms with Crippen molar-refractivity contribution in [3.63, 3.8) is 0 Å². The molecule has 1 fully saturated rings. The van der Waals surface area contributed by atoms with Crippen LogP contribution in [0.3, 0.4) is 0 Å². The molecule has 3 N–H and O–H groups in total. The molecule has 160 valence electrons. The Labute approximate surface area is 187 Å². The Hall–Kier alpha value is -3.43. The minimum absolute atomic E-state index is 0.0255. The van der Waals surface area contributed by atoms with Crippen LogP contribution in [-0.2, 0) is 19.4 Å². The van der Waals surface area contributed by atoms with Crippen LogP contribution in [0.15, 0.2) is 36.5 Å². The van der Waals surface area contributed by atoms with Gasteiger partial charge in [0, 0.05) is 28.5 Å². The van der Waals surface area contributed by atoms with Crippen molar-refractivity contribution >= 4 is 5.91 Å². The van der Waals surface area contributed by atoms with Crippen LogP contribution in [0, 0.1) is 11.8 Å². The third kappa shape index (κ3) is 3.21. The van der Waals surface area contributed by atoms with E-state index in [1.54, 1.807) is 0 Å². The normalized spacial score (nSPS) is 17.5. The Morgan fingerprint density at radius 1 is 1.19 bits per heavy atom. The van der Waals surface area contributed by atoms with Crippen LogP contribution >= 0.6 is 0 Å². The maximum Gasteiger partial charge on any atom is 0.270 e. The summed E-state index contributed by atoms with van der Waals surface area (Å²) in [5, 5.41) is 8.13. The quantitative estimate of drug-likeness (QED) is 0.589. The predicted octanol–water partition coefficient (Wildman–Crippen LogP) is 3.08. The highest BCUT2D eigenvalue weighted by Crippen LogP contribution is 2.43. The Morgan fingerprint density at radius 2 is 1.97 bits per heavy atom. The van der Waals surface area contributed by atoms with Gasteiger partial charge in [0.1, 0.15) is 5.69 Å². The van der Waals surface area contributed by atoms with E-state index in [1.807, 2.05) is 49.0 Å². The van der Waals surface area contributed by atoms with Gasteiger partial charge in [-0.25, -0.2) is 0 Å². The molecule has 6 nitrogen and oxygen atoms in total. The smallest absolute Gasteiger partial charge is 0.270 e. The van der Waals surface area contributed by atoms with Gasteiger partial charge in [0.25, 0.3) is 5.91 Å². The third-order valence-electron chi connectivity index (χ3n) is 6.55. The third-order valence-corrected chi connectivity index (χ3v) is 6.55. The van der Waals surface area contributed by atoms with Crippen LogP contribution in [0.2, 0.25) is 0 Å². The molecule has 1 aliphatic heterocycles. The fourth-order valence-corrected chi connectivity index (χ4v) is 4.66. The van der Waals surface area contributed by atoms with Crippen LogP contribution < -0.4 is 11.1 Å². The highest BCUT2D eigenvalue weighted by Gasteiger charge is 2.49. The van der Waals surface area contributed by atoms with Crippen molar-refractivity contribution in [3.05, 3.63) is 58.9 Å². The van der Waals surface area contributed by atoms with Gasteiger partial charge in [0.15, 0.2) is 0 Å². The standard InChI is InChI=1S/C26H25N5O/c1-25(2,27)10-9-16-3-5-17(6-4-16)21-13-20-18(14-28-21)7-8-19-22(20)30-31-15-26(11-12-26)29-24(32)23(19)31/h3-6,13-14H,7-8,11-12,15,27H2,1-2H3,(H,29,32). The number of nitrogens with zero attached hydrogens (tertiary/aromatic N) is 3. The van der Waals surface area contributed by atoms with Crippen LogP contribution in [0.1, 0.15) is 53.9 Å². The molecule has 2 aromatic heterocycles. The molecule has 0 unspecified atom stereocenters. The molecule has 1 saturated carbocycles. The molecule has 6 rings (SSSR count). The van der Waals surface area contributed by atoms with Crippen molar-refractivity contribution in [2.45, 2.75) is 57.2 Å². The van der Waals surface area contributed by atoms with Gasteiger partial charge in [0.05, 0.1) is 29.0 Å². The fraction of sp³-hybridized carbons (Fsp3) is 0.346. The number of rotatable bonds is 1. The van der Waals surface area contributed by atoms with Gasteiger partial charge < -0.3 is 11.1 Å². The van der Waals surface area contributed by atoms with Crippen molar-refractivity contribution in [1.29, 1.82) is 0 Å². The van der Waals surface area contributed by atoms with Gasteiger partial charge in [-0.15, -0.1) is 0 Å². The molecule has 3 aromatic rings. The summed E-state index contributed by atoms with van der Waals surface area (Å²) in [5.74, 6) is 6.21. The molecule has 6 heteroatoms. The van der Waals surface area contributed by atoms with Crippen molar-refractivity contribution < 1.29 is 4.79 Å². The predicted molar refractivity (Wildman–Crippen MR) is 123 cm³/mol. The first kappa shape index (κ1) is 19.3. The fourth-order valence-electron chi connectivity index (χ4n) is 4.66. The van der Waals surface area contributed by atoms with E-state index >= 15 is 0 Å². The number of nitrogens with one attached hydrogen (secondary N) is 1. The number of carbonyl (C=O) groups is 1. The number of benzene rings is 1. The van der Waals surface area contributed by atoms with E-state index in [0.717, 1.165) is 71.6 Å². The molecular weight excluding hydrogens is 398 g/mol. The highest BCUT2D eigenvalue weighted by molar-refractivity contribution is 5.98. The van der Waals surface area contributed by atoms with E-state index in [1.165, 1.54) is 5.56 Å². The summed E-state index contributed by atoms with van der Waals surface area (Å²) in [5.41, 5.74) is 13.2. The number of hydrogen-bond acceptors (Lipinski definition) is 4. The van der Waals surface area contributed by atoms with E-state index in [9.17, 15) is 4.79 Å². The Bertz CT molecular complexity index is 1330. The lowest BCUT2D eigenvalue weighted by atomic mass is 9.89. The Balaban J connectivity index is 1.37. The average molecular weight is 424 g/mol. The van der Waals surface area contributed by atoms with Gasteiger partial charge in [-0.1, -0.05) is 24.0 Å². The molecule has 1 spiro atoms. The van der Waals surface area contributed by atoms with E-state index in [4.69, 9.17) is 15.8 Å². The first-order valence-electron chi connectivity index (χ1n) is 11.1. The largest absolute Gasteiger partial charge is 0.343 e. The number of hydrogen-bond donors (Lipinski definition) is 2. The molecule has 1 aromatic carbocycles. The topological polar surface area (TPSA) is 85.8 Å². The number of carbonyl (C=O) groups excluding carboxylic acids is 1. The van der Waals surface area contributed by atoms with Gasteiger partial charge in [-0.05, 0) is 63.3 Å². The van der Waals surface area contributed by atoms with E-state index in [2.05, 4.69) is 23.2 Å². The summed E-state index contributed by atoms with van der Waals surface area (Å²) in [6.07, 6.45) is 5.73. The molecule has 0 saturated heterocycles. The molecule has 2 aliphatic carbocycles. The number of amides is 1. The van der Waals surface area contributed by atoms with Crippen molar-refractivity contribution in [2.75, 3.05) is 0 Å². The summed E-state index contributed by atoms with van der Waals surface area (Å²) in [6.45, 7) is 4.56. The summed E-state index contributed by atoms with van der Waals surface area (Å²) in [6, 6.07) is 10.2. The van der Waals surface area contributed by atoms with Gasteiger partial charge in [-0.3, -0.25) is 14.5 Å². The average Bonchev–Trinajstić information content (AvgIpc) is 3.38. The maximum atomic E-state index is 12.8. The molecule has 32 heavy (non-hydrogen) atoms. The maximum absolute atomic E-state index is 12.8. The van der Waals surface area contributed by atoms with Crippen LogP contribution in [0.4, 0.5) is 0 Å². The molecule has 0 atom stereocenters. The zero-order chi connectivity index (χ0) is 22.1. The van der Waals surface area contributed by atoms with Crippen molar-refractivity contribution in [2.24, 2.45) is 5.73 Å². The summed E-state index contributed by atoms with van der Waals surface area (Å²) in [4.78, 5) is 17.5. The summed E-state index contributed by atoms with van der Waals surface area (Å²) < 4.78 is 1.94. The molecule has 1 amide bonds. The number of nitrogens with two attached hydrogens (primary N) is 1. The molecule has 0 radical (unpaired) electrons. The number of aryl methyl sites for hydroxylation is 1. The van der Waals surface area contributed by atoms with Gasteiger partial charge >= 0.3 is 0 Å². The second-order valence-corrected chi connectivity index (χ2v) is 9.84. The lowest BCUT2D eigenvalue weighted by Gasteiger charge is -2.24. The Kier molecular flexibility index (Phi) is 3.94. The molecule has 3 heterocycles. The lowest BCUT2D eigenvalue weighted by Crippen LogP contribution is -2.46.